The summed E-state index contributed by atoms with van der Waals surface area (Å²) >= 11 is 0. The fourth-order valence-electron chi connectivity index (χ4n) is 3.79. The third-order valence-electron chi connectivity index (χ3n) is 5.34. The van der Waals surface area contributed by atoms with Crippen LogP contribution in [0.15, 0.2) is 36.5 Å². The van der Waals surface area contributed by atoms with Crippen LogP contribution in [0.25, 0.3) is 22.0 Å². The second-order valence-electron chi connectivity index (χ2n) is 9.52. The molecule has 172 valence electrons. The van der Waals surface area contributed by atoms with E-state index in [1.165, 1.54) is 12.1 Å². The fourth-order valence-corrected chi connectivity index (χ4v) is 4.89. The van der Waals surface area contributed by atoms with Gasteiger partial charge in [0.25, 0.3) is 0 Å². The van der Waals surface area contributed by atoms with Crippen molar-refractivity contribution in [1.82, 2.24) is 14.3 Å². The molecule has 1 aromatic carbocycles. The van der Waals surface area contributed by atoms with Crippen LogP contribution < -0.4 is 10.5 Å². The highest BCUT2D eigenvalue weighted by atomic mass is 32.2. The van der Waals surface area contributed by atoms with Crippen molar-refractivity contribution < 1.29 is 17.4 Å². The zero-order valence-electron chi connectivity index (χ0n) is 18.3. The summed E-state index contributed by atoms with van der Waals surface area (Å²) in [7, 11) is -1.07. The Kier molecular flexibility index (Phi) is 5.83. The molecule has 1 atom stereocenters. The van der Waals surface area contributed by atoms with Crippen molar-refractivity contribution in [2.24, 2.45) is 5.41 Å². The summed E-state index contributed by atoms with van der Waals surface area (Å²) in [4.78, 5) is 3.56. The van der Waals surface area contributed by atoms with Gasteiger partial charge in [-0.15, -0.1) is 0 Å². The van der Waals surface area contributed by atoms with Gasteiger partial charge in [0.05, 0.1) is 11.0 Å². The van der Waals surface area contributed by atoms with Crippen molar-refractivity contribution in [3.05, 3.63) is 47.8 Å². The normalized spacial score (nSPS) is 15.9. The maximum absolute atomic E-state index is 13.6. The molecule has 0 aliphatic heterocycles. The molecule has 4 rings (SSSR count). The SMILES string of the molecule is CC(C)(C)Cn1cc(CNS(=O)C2CC2)c2ccc(-c3ccc(N)nc3C(F)(F)F)cc21. The minimum absolute atomic E-state index is 0.00776. The van der Waals surface area contributed by atoms with Crippen LogP contribution in [0.2, 0.25) is 0 Å². The molecule has 1 saturated carbocycles. The molecule has 0 bridgehead atoms. The van der Waals surface area contributed by atoms with Crippen LogP contribution in [0.4, 0.5) is 19.0 Å². The summed E-state index contributed by atoms with van der Waals surface area (Å²) in [5, 5.41) is 1.15. The third-order valence-corrected chi connectivity index (χ3v) is 6.84. The van der Waals surface area contributed by atoms with Crippen LogP contribution in [0.1, 0.15) is 44.9 Å². The van der Waals surface area contributed by atoms with Crippen LogP contribution in [-0.4, -0.2) is 19.0 Å². The number of benzene rings is 1. The lowest BCUT2D eigenvalue weighted by molar-refractivity contribution is -0.140. The minimum Gasteiger partial charge on any atom is -0.384 e. The highest BCUT2D eigenvalue weighted by Crippen LogP contribution is 2.38. The summed E-state index contributed by atoms with van der Waals surface area (Å²) < 4.78 is 58.2. The summed E-state index contributed by atoms with van der Waals surface area (Å²) in [6, 6.07) is 8.02. The van der Waals surface area contributed by atoms with Crippen molar-refractivity contribution in [2.45, 2.75) is 58.1 Å². The molecule has 0 amide bonds. The highest BCUT2D eigenvalue weighted by molar-refractivity contribution is 7.83. The number of rotatable bonds is 6. The van der Waals surface area contributed by atoms with E-state index in [9.17, 15) is 17.4 Å². The van der Waals surface area contributed by atoms with Crippen LogP contribution in [0.5, 0.6) is 0 Å². The maximum Gasteiger partial charge on any atom is 0.434 e. The second-order valence-corrected chi connectivity index (χ2v) is 11.1. The summed E-state index contributed by atoms with van der Waals surface area (Å²) in [6.45, 7) is 7.44. The number of nitrogens with one attached hydrogen (secondary N) is 1. The van der Waals surface area contributed by atoms with Gasteiger partial charge in [-0.05, 0) is 47.6 Å². The van der Waals surface area contributed by atoms with Gasteiger partial charge >= 0.3 is 6.18 Å². The van der Waals surface area contributed by atoms with Gasteiger partial charge in [-0.2, -0.15) is 13.2 Å². The average molecular weight is 465 g/mol. The van der Waals surface area contributed by atoms with Gasteiger partial charge < -0.3 is 10.3 Å². The minimum atomic E-state index is -4.62. The van der Waals surface area contributed by atoms with Crippen LogP contribution in [0.3, 0.4) is 0 Å². The topological polar surface area (TPSA) is 72.9 Å². The van der Waals surface area contributed by atoms with Crippen molar-refractivity contribution >= 4 is 27.7 Å². The number of nitrogens with zero attached hydrogens (tertiary/aromatic N) is 2. The first-order chi connectivity index (χ1) is 14.9. The van der Waals surface area contributed by atoms with Crippen LogP contribution in [-0.2, 0) is 30.3 Å². The average Bonchev–Trinajstić information content (AvgIpc) is 3.49. The Bertz CT molecular complexity index is 1180. The first-order valence-electron chi connectivity index (χ1n) is 10.5. The first kappa shape index (κ1) is 22.8. The first-order valence-corrected chi connectivity index (χ1v) is 11.7. The van der Waals surface area contributed by atoms with Gasteiger partial charge in [-0.1, -0.05) is 32.9 Å². The molecular weight excluding hydrogens is 437 g/mol. The number of aromatic nitrogens is 2. The molecule has 1 aliphatic rings. The van der Waals surface area contributed by atoms with E-state index in [1.54, 1.807) is 12.1 Å². The zero-order valence-corrected chi connectivity index (χ0v) is 19.1. The van der Waals surface area contributed by atoms with Crippen molar-refractivity contribution in [2.75, 3.05) is 5.73 Å². The number of nitrogen functional groups attached to an aromatic ring is 1. The zero-order chi connectivity index (χ0) is 23.3. The molecule has 1 aliphatic carbocycles. The Morgan fingerprint density at radius 1 is 1.19 bits per heavy atom. The largest absolute Gasteiger partial charge is 0.434 e. The summed E-state index contributed by atoms with van der Waals surface area (Å²) in [6.07, 6.45) is -0.657. The molecule has 9 heteroatoms. The van der Waals surface area contributed by atoms with E-state index in [-0.39, 0.29) is 22.0 Å². The Morgan fingerprint density at radius 2 is 1.91 bits per heavy atom. The van der Waals surface area contributed by atoms with Gasteiger partial charge in [-0.3, -0.25) is 0 Å². The Balaban J connectivity index is 1.79. The van der Waals surface area contributed by atoms with Gasteiger partial charge in [0.1, 0.15) is 5.82 Å². The summed E-state index contributed by atoms with van der Waals surface area (Å²) in [5.41, 5.74) is 6.71. The molecule has 2 heterocycles. The monoisotopic (exact) mass is 464 g/mol. The van der Waals surface area contributed by atoms with E-state index in [1.807, 2.05) is 12.3 Å². The third kappa shape index (κ3) is 4.99. The molecule has 3 N–H and O–H groups in total. The maximum atomic E-state index is 13.6. The van der Waals surface area contributed by atoms with E-state index in [2.05, 4.69) is 35.0 Å². The lowest BCUT2D eigenvalue weighted by Crippen LogP contribution is -2.19. The molecule has 5 nitrogen and oxygen atoms in total. The number of hydrogen-bond donors (Lipinski definition) is 2. The molecular formula is C23H27F3N4OS. The predicted octanol–water partition coefficient (Wildman–Crippen LogP) is 5.27. The van der Waals surface area contributed by atoms with Gasteiger partial charge in [-0.25, -0.2) is 13.9 Å². The highest BCUT2D eigenvalue weighted by Gasteiger charge is 2.36. The molecule has 1 fully saturated rings. The smallest absolute Gasteiger partial charge is 0.384 e. The molecule has 32 heavy (non-hydrogen) atoms. The van der Waals surface area contributed by atoms with E-state index >= 15 is 0 Å². The van der Waals surface area contributed by atoms with E-state index in [0.717, 1.165) is 29.3 Å². The quantitative estimate of drug-likeness (QED) is 0.522. The molecule has 0 spiro atoms. The lowest BCUT2D eigenvalue weighted by Gasteiger charge is -2.20. The van der Waals surface area contributed by atoms with Gasteiger partial charge in [0.2, 0.25) is 0 Å². The fraction of sp³-hybridized carbons (Fsp3) is 0.435. The van der Waals surface area contributed by atoms with E-state index in [0.29, 0.717) is 18.7 Å². The van der Waals surface area contributed by atoms with Crippen LogP contribution in [0, 0.1) is 5.41 Å². The molecule has 0 radical (unpaired) electrons. The molecule has 3 aromatic rings. The van der Waals surface area contributed by atoms with Crippen molar-refractivity contribution in [1.29, 1.82) is 0 Å². The number of alkyl halides is 3. The Labute approximate surface area is 187 Å². The number of hydrogen-bond acceptors (Lipinski definition) is 3. The molecule has 1 unspecified atom stereocenters. The van der Waals surface area contributed by atoms with E-state index in [4.69, 9.17) is 5.73 Å². The van der Waals surface area contributed by atoms with Crippen molar-refractivity contribution in [3.8, 4) is 11.1 Å². The summed E-state index contributed by atoms with van der Waals surface area (Å²) in [5.74, 6) is -0.171. The number of pyridine rings is 1. The number of halogens is 3. The van der Waals surface area contributed by atoms with Gasteiger partial charge in [0, 0.05) is 41.0 Å². The number of nitrogens with two attached hydrogens (primary N) is 1. The molecule has 2 aromatic heterocycles. The standard InChI is InChI=1S/C23H27F3N4OS/c1-22(2,3)13-30-12-15(11-28-32(31)16-5-6-16)17-7-4-14(10-19(17)30)18-8-9-20(27)29-21(18)23(24,25)26/h4,7-10,12,16,28H,5-6,11,13H2,1-3H3,(H2,27,29). The Morgan fingerprint density at radius 3 is 2.53 bits per heavy atom. The number of anilines is 1. The van der Waals surface area contributed by atoms with Crippen molar-refractivity contribution in [3.63, 3.8) is 0 Å². The van der Waals surface area contributed by atoms with Crippen LogP contribution >= 0.6 is 0 Å². The Hall–Kier alpha value is -2.39. The van der Waals surface area contributed by atoms with E-state index < -0.39 is 22.9 Å². The van der Waals surface area contributed by atoms with Gasteiger partial charge in [0.15, 0.2) is 5.69 Å². The molecule has 0 saturated heterocycles. The lowest BCUT2D eigenvalue weighted by atomic mass is 9.96. The second kappa shape index (κ2) is 8.19. The predicted molar refractivity (Wildman–Crippen MR) is 122 cm³/mol. The number of fused-ring (bicyclic) bond motifs is 1.